The van der Waals surface area contributed by atoms with E-state index >= 15 is 0 Å². The lowest BCUT2D eigenvalue weighted by molar-refractivity contribution is -0.132. The van der Waals surface area contributed by atoms with Crippen molar-refractivity contribution in [3.8, 4) is 5.75 Å². The fourth-order valence-corrected chi connectivity index (χ4v) is 4.78. The van der Waals surface area contributed by atoms with Gasteiger partial charge in [0.15, 0.2) is 5.13 Å². The molecule has 4 atom stereocenters. The molecule has 1 saturated heterocycles. The van der Waals surface area contributed by atoms with E-state index in [2.05, 4.69) is 20.9 Å². The second-order valence-corrected chi connectivity index (χ2v) is 10.0. The predicted octanol–water partition coefficient (Wildman–Crippen LogP) is -0.468. The molecule has 0 saturated carbocycles. The number of nitrogens with two attached hydrogens (primary N) is 1. The molecule has 7 N–H and O–H groups in total. The summed E-state index contributed by atoms with van der Waals surface area (Å²) in [6, 6.07) is 2.71. The van der Waals surface area contributed by atoms with Gasteiger partial charge < -0.3 is 36.8 Å². The van der Waals surface area contributed by atoms with Gasteiger partial charge in [0.2, 0.25) is 23.6 Å². The topological polar surface area (TPSA) is 187 Å². The van der Waals surface area contributed by atoms with Crippen LogP contribution in [0.4, 0.5) is 5.13 Å². The van der Waals surface area contributed by atoms with Gasteiger partial charge in [-0.1, -0.05) is 23.5 Å². The van der Waals surface area contributed by atoms with Gasteiger partial charge in [-0.25, -0.2) is 4.98 Å². The molecule has 13 heteroatoms. The average molecular weight is 533 g/mol. The van der Waals surface area contributed by atoms with E-state index in [9.17, 15) is 29.4 Å². The SMILES string of the molecule is C[C@H](NC(=O)[C@H](C)NC(=O)[C@@H]1CCCN1c1ncc(CO)s1)C(=O)N[C@@H](Cc1ccc(O)cc1)C(N)=O. The molecule has 0 unspecified atom stereocenters. The number of phenols is 1. The standard InChI is InChI=1S/C24H32N6O6S/c1-13(28-23(36)19-4-3-9-30(19)24-26-11-17(12-31)37-24)21(34)27-14(2)22(35)29-18(20(25)33)10-15-5-7-16(32)8-6-15/h5-8,11,13-14,18-19,31-32H,3-4,9-10,12H2,1-2H3,(H2,25,33)(H,27,34)(H,28,36)(H,29,35)/t13-,14-,18-,19-/m0/s1. The van der Waals surface area contributed by atoms with Gasteiger partial charge in [-0.3, -0.25) is 19.2 Å². The molecule has 0 aliphatic carbocycles. The molecule has 1 aromatic heterocycles. The summed E-state index contributed by atoms with van der Waals surface area (Å²) < 4.78 is 0. The van der Waals surface area contributed by atoms with Crippen LogP contribution in [0.1, 0.15) is 37.1 Å². The van der Waals surface area contributed by atoms with Crippen molar-refractivity contribution in [2.24, 2.45) is 5.73 Å². The van der Waals surface area contributed by atoms with Crippen LogP contribution < -0.4 is 26.6 Å². The highest BCUT2D eigenvalue weighted by atomic mass is 32.1. The first-order chi connectivity index (χ1) is 17.6. The molecule has 1 aromatic carbocycles. The minimum absolute atomic E-state index is 0.0700. The molecule has 2 heterocycles. The highest BCUT2D eigenvalue weighted by Gasteiger charge is 2.34. The third-order valence-electron chi connectivity index (χ3n) is 6.04. The number of aliphatic hydroxyl groups excluding tert-OH is 1. The van der Waals surface area contributed by atoms with Gasteiger partial charge in [0, 0.05) is 19.2 Å². The van der Waals surface area contributed by atoms with Crippen molar-refractivity contribution >= 4 is 40.1 Å². The number of carbonyl (C=O) groups is 4. The molecule has 1 aliphatic rings. The van der Waals surface area contributed by atoms with Crippen molar-refractivity contribution in [3.05, 3.63) is 40.9 Å². The summed E-state index contributed by atoms with van der Waals surface area (Å²) in [5.74, 6) is -2.18. The van der Waals surface area contributed by atoms with E-state index in [0.29, 0.717) is 28.5 Å². The number of nitrogens with one attached hydrogen (secondary N) is 3. The van der Waals surface area contributed by atoms with Gasteiger partial charge in [-0.15, -0.1) is 0 Å². The Kier molecular flexibility index (Phi) is 9.42. The first-order valence-corrected chi connectivity index (χ1v) is 12.7. The van der Waals surface area contributed by atoms with Crippen molar-refractivity contribution in [3.63, 3.8) is 0 Å². The van der Waals surface area contributed by atoms with Crippen LogP contribution in [0, 0.1) is 0 Å². The number of phenolic OH excluding ortho intramolecular Hbond substituents is 1. The largest absolute Gasteiger partial charge is 0.508 e. The first kappa shape index (κ1) is 27.9. The van der Waals surface area contributed by atoms with Crippen molar-refractivity contribution < 1.29 is 29.4 Å². The lowest BCUT2D eigenvalue weighted by atomic mass is 10.0. The zero-order valence-corrected chi connectivity index (χ0v) is 21.5. The lowest BCUT2D eigenvalue weighted by Gasteiger charge is -2.25. The van der Waals surface area contributed by atoms with E-state index in [4.69, 9.17) is 5.73 Å². The van der Waals surface area contributed by atoms with E-state index in [0.717, 1.165) is 6.42 Å². The fraction of sp³-hybridized carbons (Fsp3) is 0.458. The number of amides is 4. The molecule has 4 amide bonds. The summed E-state index contributed by atoms with van der Waals surface area (Å²) in [7, 11) is 0. The molecule has 3 rings (SSSR count). The van der Waals surface area contributed by atoms with Gasteiger partial charge in [0.05, 0.1) is 11.5 Å². The zero-order valence-electron chi connectivity index (χ0n) is 20.6. The molecule has 0 bridgehead atoms. The summed E-state index contributed by atoms with van der Waals surface area (Å²) in [6.45, 7) is 3.49. The van der Waals surface area contributed by atoms with Crippen LogP contribution >= 0.6 is 11.3 Å². The number of primary amides is 1. The summed E-state index contributed by atoms with van der Waals surface area (Å²) >= 11 is 1.31. The van der Waals surface area contributed by atoms with E-state index in [1.165, 1.54) is 37.3 Å². The van der Waals surface area contributed by atoms with E-state index in [1.54, 1.807) is 18.3 Å². The molecular formula is C24H32N6O6S. The minimum atomic E-state index is -1.01. The number of aromatic nitrogens is 1. The molecule has 1 aliphatic heterocycles. The second-order valence-electron chi connectivity index (χ2n) is 8.91. The number of carbonyl (C=O) groups excluding carboxylic acids is 4. The number of benzene rings is 1. The zero-order chi connectivity index (χ0) is 27.1. The van der Waals surface area contributed by atoms with Crippen LogP contribution in [0.25, 0.3) is 0 Å². The highest BCUT2D eigenvalue weighted by molar-refractivity contribution is 7.15. The maximum atomic E-state index is 12.9. The normalized spacial score (nSPS) is 17.5. The van der Waals surface area contributed by atoms with Gasteiger partial charge in [-0.2, -0.15) is 0 Å². The Labute approximate surface area is 218 Å². The van der Waals surface area contributed by atoms with Crippen molar-refractivity contribution in [2.45, 2.75) is 63.9 Å². The molecule has 12 nitrogen and oxygen atoms in total. The Morgan fingerprint density at radius 2 is 1.76 bits per heavy atom. The summed E-state index contributed by atoms with van der Waals surface area (Å²) in [6.07, 6.45) is 3.08. The van der Waals surface area contributed by atoms with Gasteiger partial charge >= 0.3 is 0 Å². The maximum Gasteiger partial charge on any atom is 0.243 e. The fourth-order valence-electron chi connectivity index (χ4n) is 3.94. The second kappa shape index (κ2) is 12.5. The maximum absolute atomic E-state index is 12.9. The Balaban J connectivity index is 1.52. The van der Waals surface area contributed by atoms with Crippen molar-refractivity contribution in [1.82, 2.24) is 20.9 Å². The number of nitrogens with zero attached hydrogens (tertiary/aromatic N) is 2. The third kappa shape index (κ3) is 7.40. The molecular weight excluding hydrogens is 500 g/mol. The van der Waals surface area contributed by atoms with Crippen LogP contribution in [0.15, 0.2) is 30.5 Å². The number of anilines is 1. The number of aromatic hydroxyl groups is 1. The van der Waals surface area contributed by atoms with Gasteiger partial charge in [0.25, 0.3) is 0 Å². The van der Waals surface area contributed by atoms with Crippen LogP contribution in [0.3, 0.4) is 0 Å². The molecule has 0 radical (unpaired) electrons. The smallest absolute Gasteiger partial charge is 0.243 e. The first-order valence-electron chi connectivity index (χ1n) is 11.9. The van der Waals surface area contributed by atoms with Gasteiger partial charge in [0.1, 0.15) is 29.9 Å². The van der Waals surface area contributed by atoms with E-state index in [1.807, 2.05) is 4.90 Å². The molecule has 0 spiro atoms. The van der Waals surface area contributed by atoms with Crippen molar-refractivity contribution in [1.29, 1.82) is 0 Å². The number of aliphatic hydroxyl groups is 1. The summed E-state index contributed by atoms with van der Waals surface area (Å²) in [5, 5.41) is 27.1. The Morgan fingerprint density at radius 3 is 2.38 bits per heavy atom. The molecule has 2 aromatic rings. The van der Waals surface area contributed by atoms with E-state index in [-0.39, 0.29) is 24.7 Å². The molecule has 1 fully saturated rings. The number of rotatable bonds is 11. The Hall–Kier alpha value is -3.71. The molecule has 200 valence electrons. The number of thiazole rings is 1. The summed E-state index contributed by atoms with van der Waals surface area (Å²) in [5.41, 5.74) is 6.11. The van der Waals surface area contributed by atoms with E-state index < -0.39 is 41.9 Å². The Morgan fingerprint density at radius 1 is 1.11 bits per heavy atom. The third-order valence-corrected chi connectivity index (χ3v) is 7.06. The number of hydrogen-bond acceptors (Lipinski definition) is 9. The monoisotopic (exact) mass is 532 g/mol. The highest BCUT2D eigenvalue weighted by Crippen LogP contribution is 2.29. The quantitative estimate of drug-likeness (QED) is 0.224. The lowest BCUT2D eigenvalue weighted by Crippen LogP contribution is -2.56. The van der Waals surface area contributed by atoms with Crippen LogP contribution in [0.2, 0.25) is 0 Å². The van der Waals surface area contributed by atoms with Crippen molar-refractivity contribution in [2.75, 3.05) is 11.4 Å². The minimum Gasteiger partial charge on any atom is -0.508 e. The predicted molar refractivity (Wildman–Crippen MR) is 137 cm³/mol. The van der Waals surface area contributed by atoms with Crippen LogP contribution in [-0.4, -0.2) is 69.5 Å². The number of hydrogen-bond donors (Lipinski definition) is 6. The summed E-state index contributed by atoms with van der Waals surface area (Å²) in [4.78, 5) is 56.9. The molecule has 37 heavy (non-hydrogen) atoms. The van der Waals surface area contributed by atoms with Gasteiger partial charge in [-0.05, 0) is 44.4 Å². The Bertz CT molecular complexity index is 1120. The average Bonchev–Trinajstić information content (AvgIpc) is 3.54. The van der Waals surface area contributed by atoms with Crippen LogP contribution in [0.5, 0.6) is 5.75 Å². The van der Waals surface area contributed by atoms with Crippen LogP contribution in [-0.2, 0) is 32.2 Å².